The highest BCUT2D eigenvalue weighted by Gasteiger charge is 2.60. The molecular weight excluding hydrogens is 318 g/mol. The summed E-state index contributed by atoms with van der Waals surface area (Å²) in [6.45, 7) is 4.94. The number of ketones is 1. The van der Waals surface area contributed by atoms with Crippen molar-refractivity contribution in [2.24, 2.45) is 34.5 Å². The predicted octanol–water partition coefficient (Wildman–Crippen LogP) is 5.69. The van der Waals surface area contributed by atoms with Gasteiger partial charge in [-0.15, -0.1) is 0 Å². The van der Waals surface area contributed by atoms with E-state index in [-0.39, 0.29) is 10.8 Å². The van der Waals surface area contributed by atoms with Gasteiger partial charge in [-0.25, -0.2) is 0 Å². The van der Waals surface area contributed by atoms with Gasteiger partial charge in [-0.3, -0.25) is 9.78 Å². The Hall–Kier alpha value is -1.44. The molecule has 2 heteroatoms. The van der Waals surface area contributed by atoms with E-state index in [0.29, 0.717) is 23.5 Å². The number of aromatic nitrogens is 1. The maximum atomic E-state index is 13.1. The number of carbonyl (C=O) groups is 1. The third-order valence-electron chi connectivity index (χ3n) is 8.92. The SMILES string of the molecule is C[C@]12CCCCC1C(=O)C[C@@H]1C2CC[C@]2(C)C(c3cccnc3)=CC[C@@H]12. The molecule has 3 saturated carbocycles. The van der Waals surface area contributed by atoms with Crippen molar-refractivity contribution in [1.29, 1.82) is 0 Å². The summed E-state index contributed by atoms with van der Waals surface area (Å²) in [6.07, 6.45) is 15.9. The zero-order valence-electron chi connectivity index (χ0n) is 16.2. The van der Waals surface area contributed by atoms with Gasteiger partial charge in [-0.1, -0.05) is 38.8 Å². The second-order valence-electron chi connectivity index (χ2n) is 9.90. The van der Waals surface area contributed by atoms with Gasteiger partial charge < -0.3 is 0 Å². The van der Waals surface area contributed by atoms with Crippen LogP contribution in [0.3, 0.4) is 0 Å². The molecule has 0 saturated heterocycles. The Morgan fingerprint density at radius 2 is 2.00 bits per heavy atom. The van der Waals surface area contributed by atoms with Crippen LogP contribution < -0.4 is 0 Å². The van der Waals surface area contributed by atoms with Gasteiger partial charge in [0.15, 0.2) is 0 Å². The van der Waals surface area contributed by atoms with E-state index >= 15 is 0 Å². The van der Waals surface area contributed by atoms with Gasteiger partial charge in [0.05, 0.1) is 0 Å². The number of allylic oxidation sites excluding steroid dienone is 2. The van der Waals surface area contributed by atoms with Crippen molar-refractivity contribution in [2.75, 3.05) is 0 Å². The fourth-order valence-corrected chi connectivity index (χ4v) is 7.63. The third-order valence-corrected chi connectivity index (χ3v) is 8.92. The number of Topliss-reactive ketones (excluding diaryl/α,β-unsaturated/α-hetero) is 1. The van der Waals surface area contributed by atoms with Gasteiger partial charge >= 0.3 is 0 Å². The van der Waals surface area contributed by atoms with Gasteiger partial charge in [0, 0.05) is 24.7 Å². The first-order valence-electron chi connectivity index (χ1n) is 10.7. The number of fused-ring (bicyclic) bond motifs is 5. The second-order valence-corrected chi connectivity index (χ2v) is 9.90. The summed E-state index contributed by atoms with van der Waals surface area (Å²) in [5.74, 6) is 2.93. The molecule has 5 rings (SSSR count). The van der Waals surface area contributed by atoms with Crippen LogP contribution in [-0.2, 0) is 4.79 Å². The number of nitrogens with zero attached hydrogens (tertiary/aromatic N) is 1. The lowest BCUT2D eigenvalue weighted by atomic mass is 9.44. The van der Waals surface area contributed by atoms with E-state index in [1.54, 1.807) is 0 Å². The zero-order valence-corrected chi connectivity index (χ0v) is 16.2. The Morgan fingerprint density at radius 1 is 1.12 bits per heavy atom. The van der Waals surface area contributed by atoms with Crippen LogP contribution in [0.5, 0.6) is 0 Å². The van der Waals surface area contributed by atoms with E-state index in [1.165, 1.54) is 43.2 Å². The molecule has 0 bridgehead atoms. The van der Waals surface area contributed by atoms with Gasteiger partial charge in [-0.2, -0.15) is 0 Å². The Kier molecular flexibility index (Phi) is 3.71. The van der Waals surface area contributed by atoms with E-state index in [4.69, 9.17) is 0 Å². The van der Waals surface area contributed by atoms with Crippen LogP contribution in [0.2, 0.25) is 0 Å². The summed E-state index contributed by atoms with van der Waals surface area (Å²) in [6, 6.07) is 4.26. The van der Waals surface area contributed by atoms with Gasteiger partial charge in [-0.05, 0) is 77.9 Å². The molecule has 1 aromatic rings. The lowest BCUT2D eigenvalue weighted by molar-refractivity contribution is -0.150. The van der Waals surface area contributed by atoms with Crippen LogP contribution >= 0.6 is 0 Å². The number of hydrogen-bond acceptors (Lipinski definition) is 2. The van der Waals surface area contributed by atoms with Gasteiger partial charge in [0.1, 0.15) is 5.78 Å². The Labute approximate surface area is 157 Å². The van der Waals surface area contributed by atoms with Crippen molar-refractivity contribution in [3.63, 3.8) is 0 Å². The molecule has 1 heterocycles. The van der Waals surface area contributed by atoms with Crippen LogP contribution in [0.4, 0.5) is 0 Å². The minimum absolute atomic E-state index is 0.225. The third kappa shape index (κ3) is 2.17. The molecule has 0 aliphatic heterocycles. The topological polar surface area (TPSA) is 30.0 Å². The summed E-state index contributed by atoms with van der Waals surface area (Å²) in [5, 5.41) is 0. The molecule has 0 N–H and O–H groups in total. The summed E-state index contributed by atoms with van der Waals surface area (Å²) < 4.78 is 0. The summed E-state index contributed by atoms with van der Waals surface area (Å²) in [4.78, 5) is 17.5. The number of carbonyl (C=O) groups excluding carboxylic acids is 1. The molecule has 2 unspecified atom stereocenters. The van der Waals surface area contributed by atoms with Crippen LogP contribution in [0.15, 0.2) is 30.6 Å². The van der Waals surface area contributed by atoms with Gasteiger partial charge in [0.2, 0.25) is 0 Å². The first-order chi connectivity index (χ1) is 12.5. The molecule has 1 aromatic heterocycles. The quantitative estimate of drug-likeness (QED) is 0.652. The van der Waals surface area contributed by atoms with E-state index in [0.717, 1.165) is 25.2 Å². The number of hydrogen-bond donors (Lipinski definition) is 0. The van der Waals surface area contributed by atoms with E-state index in [1.807, 2.05) is 12.4 Å². The van der Waals surface area contributed by atoms with Gasteiger partial charge in [0.25, 0.3) is 0 Å². The fraction of sp³-hybridized carbons (Fsp3) is 0.667. The van der Waals surface area contributed by atoms with Crippen molar-refractivity contribution >= 4 is 11.4 Å². The molecule has 0 spiro atoms. The normalized spacial score (nSPS) is 44.7. The molecule has 4 aliphatic carbocycles. The first kappa shape index (κ1) is 16.7. The average Bonchev–Trinajstić information content (AvgIpc) is 3.00. The average molecular weight is 350 g/mol. The lowest BCUT2D eigenvalue weighted by Crippen LogP contribution is -2.55. The zero-order chi connectivity index (χ0) is 17.9. The van der Waals surface area contributed by atoms with E-state index < -0.39 is 0 Å². The van der Waals surface area contributed by atoms with Crippen LogP contribution in [-0.4, -0.2) is 10.8 Å². The molecular formula is C24H31NO. The van der Waals surface area contributed by atoms with Crippen LogP contribution in [0.25, 0.3) is 5.57 Å². The first-order valence-corrected chi connectivity index (χ1v) is 10.7. The molecule has 26 heavy (non-hydrogen) atoms. The Morgan fingerprint density at radius 3 is 2.81 bits per heavy atom. The summed E-state index contributed by atoms with van der Waals surface area (Å²) >= 11 is 0. The summed E-state index contributed by atoms with van der Waals surface area (Å²) in [5.41, 5.74) is 3.29. The van der Waals surface area contributed by atoms with Crippen LogP contribution in [0, 0.1) is 34.5 Å². The standard InChI is InChI=1S/C24H31NO/c1-23-11-4-3-7-21(23)22(26)14-17-19-9-8-18(16-6-5-13-25-15-16)24(19,2)12-10-20(17)23/h5-6,8,13,15,17,19-21H,3-4,7,9-12,14H2,1-2H3/t17-,19-,20?,21?,23+,24+/m0/s1. The van der Waals surface area contributed by atoms with Crippen molar-refractivity contribution in [3.8, 4) is 0 Å². The van der Waals surface area contributed by atoms with Crippen LogP contribution in [0.1, 0.15) is 70.8 Å². The van der Waals surface area contributed by atoms with Crippen molar-refractivity contribution in [3.05, 3.63) is 36.2 Å². The minimum atomic E-state index is 0.225. The molecule has 0 aromatic carbocycles. The largest absolute Gasteiger partial charge is 0.299 e. The molecule has 4 aliphatic rings. The number of pyridine rings is 1. The predicted molar refractivity (Wildman–Crippen MR) is 104 cm³/mol. The fourth-order valence-electron chi connectivity index (χ4n) is 7.63. The Balaban J connectivity index is 1.49. The van der Waals surface area contributed by atoms with Crippen molar-refractivity contribution in [1.82, 2.24) is 4.98 Å². The van der Waals surface area contributed by atoms with Crippen molar-refractivity contribution < 1.29 is 4.79 Å². The lowest BCUT2D eigenvalue weighted by Gasteiger charge is -2.59. The smallest absolute Gasteiger partial charge is 0.136 e. The summed E-state index contributed by atoms with van der Waals surface area (Å²) in [7, 11) is 0. The highest BCUT2D eigenvalue weighted by molar-refractivity contribution is 5.83. The molecule has 138 valence electrons. The minimum Gasteiger partial charge on any atom is -0.299 e. The molecule has 3 fully saturated rings. The van der Waals surface area contributed by atoms with E-state index in [2.05, 4.69) is 37.0 Å². The molecule has 6 atom stereocenters. The highest BCUT2D eigenvalue weighted by atomic mass is 16.1. The monoisotopic (exact) mass is 349 g/mol. The van der Waals surface area contributed by atoms with Crippen molar-refractivity contribution in [2.45, 2.75) is 65.2 Å². The molecule has 0 amide bonds. The second kappa shape index (κ2) is 5.78. The maximum absolute atomic E-state index is 13.1. The maximum Gasteiger partial charge on any atom is 0.136 e. The number of rotatable bonds is 1. The van der Waals surface area contributed by atoms with E-state index in [9.17, 15) is 4.79 Å². The Bertz CT molecular complexity index is 753. The molecule has 0 radical (unpaired) electrons. The molecule has 2 nitrogen and oxygen atoms in total. The highest BCUT2D eigenvalue weighted by Crippen LogP contribution is 2.66.